The third kappa shape index (κ3) is 7.24. The van der Waals surface area contributed by atoms with Crippen molar-refractivity contribution in [3.05, 3.63) is 23.2 Å². The number of carbonyl (C=O) groups is 2. The number of amides is 2. The molecular weight excluding hydrogens is 350 g/mol. The predicted octanol–water partition coefficient (Wildman–Crippen LogP) is 4.65. The molecule has 0 saturated heterocycles. The minimum atomic E-state index is -0.692. The molecule has 0 aliphatic heterocycles. The number of halogens is 1. The summed E-state index contributed by atoms with van der Waals surface area (Å²) in [4.78, 5) is 24.5. The van der Waals surface area contributed by atoms with E-state index in [4.69, 9.17) is 17.3 Å². The Morgan fingerprint density at radius 3 is 1.96 bits per heavy atom. The molecular formula is C20H30ClN3O2. The Morgan fingerprint density at radius 2 is 1.42 bits per heavy atom. The van der Waals surface area contributed by atoms with Gasteiger partial charge in [0.05, 0.1) is 10.7 Å². The predicted molar refractivity (Wildman–Crippen MR) is 107 cm³/mol. The third-order valence-corrected chi connectivity index (χ3v) is 5.20. The number of nitrogens with two attached hydrogens (primary N) is 1. The lowest BCUT2D eigenvalue weighted by Crippen LogP contribution is -2.42. The van der Waals surface area contributed by atoms with E-state index in [2.05, 4.69) is 10.6 Å². The zero-order valence-corrected chi connectivity index (χ0v) is 16.1. The molecule has 26 heavy (non-hydrogen) atoms. The van der Waals surface area contributed by atoms with Crippen molar-refractivity contribution in [3.8, 4) is 0 Å². The Morgan fingerprint density at radius 1 is 0.885 bits per heavy atom. The average Bonchev–Trinajstić information content (AvgIpc) is 2.59. The van der Waals surface area contributed by atoms with E-state index in [1.807, 2.05) is 0 Å². The largest absolute Gasteiger partial charge is 0.399 e. The first-order chi connectivity index (χ1) is 12.6. The highest BCUT2D eigenvalue weighted by Gasteiger charge is 2.19. The van der Waals surface area contributed by atoms with E-state index in [1.165, 1.54) is 44.9 Å². The molecule has 4 N–H and O–H groups in total. The lowest BCUT2D eigenvalue weighted by molar-refractivity contribution is -0.136. The number of nitrogen functional groups attached to an aromatic ring is 1. The van der Waals surface area contributed by atoms with Crippen LogP contribution < -0.4 is 16.4 Å². The number of hydrogen-bond donors (Lipinski definition) is 3. The van der Waals surface area contributed by atoms with Crippen molar-refractivity contribution >= 4 is 34.8 Å². The standard InChI is InChI=1S/C20H30ClN3O2/c21-17-14-15(22)12-13-18(17)24-20(26)19(25)23-16-10-8-6-4-2-1-3-5-7-9-11-16/h12-14,16H,1-11,22H2,(H,23,25)(H,24,26). The van der Waals surface area contributed by atoms with Crippen LogP contribution in [0.5, 0.6) is 0 Å². The maximum Gasteiger partial charge on any atom is 0.313 e. The summed E-state index contributed by atoms with van der Waals surface area (Å²) in [6.07, 6.45) is 12.9. The number of benzene rings is 1. The first-order valence-electron chi connectivity index (χ1n) is 9.73. The highest BCUT2D eigenvalue weighted by molar-refractivity contribution is 6.41. The van der Waals surface area contributed by atoms with Crippen LogP contribution in [-0.2, 0) is 9.59 Å². The molecule has 1 fully saturated rings. The summed E-state index contributed by atoms with van der Waals surface area (Å²) in [7, 11) is 0. The van der Waals surface area contributed by atoms with Crippen molar-refractivity contribution in [2.24, 2.45) is 0 Å². The van der Waals surface area contributed by atoms with Gasteiger partial charge in [-0.05, 0) is 31.0 Å². The lowest BCUT2D eigenvalue weighted by Gasteiger charge is -2.19. The average molecular weight is 380 g/mol. The van der Waals surface area contributed by atoms with Gasteiger partial charge in [0.15, 0.2) is 0 Å². The molecule has 0 aromatic heterocycles. The second-order valence-corrected chi connectivity index (χ2v) is 7.53. The summed E-state index contributed by atoms with van der Waals surface area (Å²) in [6.45, 7) is 0. The summed E-state index contributed by atoms with van der Waals surface area (Å²) in [5, 5.41) is 5.78. The van der Waals surface area contributed by atoms with Crippen LogP contribution in [0, 0.1) is 0 Å². The highest BCUT2D eigenvalue weighted by Crippen LogP contribution is 2.24. The summed E-state index contributed by atoms with van der Waals surface area (Å²) in [5.41, 5.74) is 6.53. The van der Waals surface area contributed by atoms with Crippen LogP contribution in [-0.4, -0.2) is 17.9 Å². The normalized spacial score (nSPS) is 17.6. The van der Waals surface area contributed by atoms with E-state index in [0.29, 0.717) is 16.4 Å². The van der Waals surface area contributed by atoms with E-state index in [0.717, 1.165) is 25.7 Å². The molecule has 2 amide bonds. The van der Waals surface area contributed by atoms with Crippen molar-refractivity contribution in [3.63, 3.8) is 0 Å². The van der Waals surface area contributed by atoms with Gasteiger partial charge in [-0.2, -0.15) is 0 Å². The maximum absolute atomic E-state index is 12.3. The molecule has 0 spiro atoms. The molecule has 1 aliphatic carbocycles. The smallest absolute Gasteiger partial charge is 0.313 e. The quantitative estimate of drug-likeness (QED) is 0.516. The molecule has 2 rings (SSSR count). The molecule has 0 atom stereocenters. The Kier molecular flexibility index (Phi) is 8.75. The fourth-order valence-corrected chi connectivity index (χ4v) is 3.61. The van der Waals surface area contributed by atoms with Crippen LogP contribution in [0.3, 0.4) is 0 Å². The van der Waals surface area contributed by atoms with Crippen LogP contribution >= 0.6 is 11.6 Å². The molecule has 0 bridgehead atoms. The molecule has 1 aromatic rings. The number of rotatable bonds is 2. The number of nitrogens with one attached hydrogen (secondary N) is 2. The van der Waals surface area contributed by atoms with Gasteiger partial charge in [0.2, 0.25) is 0 Å². The zero-order chi connectivity index (χ0) is 18.8. The van der Waals surface area contributed by atoms with Crippen LogP contribution in [0.15, 0.2) is 18.2 Å². The number of carbonyl (C=O) groups excluding carboxylic acids is 2. The monoisotopic (exact) mass is 379 g/mol. The molecule has 0 heterocycles. The maximum atomic E-state index is 12.3. The van der Waals surface area contributed by atoms with Gasteiger partial charge in [0.25, 0.3) is 0 Å². The van der Waals surface area contributed by atoms with Gasteiger partial charge in [-0.25, -0.2) is 0 Å². The van der Waals surface area contributed by atoms with Crippen LogP contribution in [0.2, 0.25) is 5.02 Å². The van der Waals surface area contributed by atoms with Crippen molar-refractivity contribution < 1.29 is 9.59 Å². The molecule has 1 saturated carbocycles. The van der Waals surface area contributed by atoms with Gasteiger partial charge in [0, 0.05) is 11.7 Å². The van der Waals surface area contributed by atoms with Gasteiger partial charge >= 0.3 is 11.8 Å². The van der Waals surface area contributed by atoms with Crippen LogP contribution in [0.1, 0.15) is 70.6 Å². The molecule has 6 heteroatoms. The van der Waals surface area contributed by atoms with Crippen molar-refractivity contribution in [2.75, 3.05) is 11.1 Å². The Hall–Kier alpha value is -1.75. The van der Waals surface area contributed by atoms with E-state index >= 15 is 0 Å². The van der Waals surface area contributed by atoms with Gasteiger partial charge in [-0.1, -0.05) is 69.4 Å². The Bertz CT molecular complexity index is 595. The van der Waals surface area contributed by atoms with Gasteiger partial charge in [-0.15, -0.1) is 0 Å². The van der Waals surface area contributed by atoms with Gasteiger partial charge in [-0.3, -0.25) is 9.59 Å². The van der Waals surface area contributed by atoms with Gasteiger partial charge < -0.3 is 16.4 Å². The van der Waals surface area contributed by atoms with Gasteiger partial charge in [0.1, 0.15) is 0 Å². The zero-order valence-electron chi connectivity index (χ0n) is 15.4. The fraction of sp³-hybridized carbons (Fsp3) is 0.600. The lowest BCUT2D eigenvalue weighted by atomic mass is 9.98. The number of hydrogen-bond acceptors (Lipinski definition) is 3. The summed E-state index contributed by atoms with van der Waals surface area (Å²) in [5.74, 6) is -1.29. The summed E-state index contributed by atoms with van der Waals surface area (Å²) in [6, 6.07) is 4.84. The summed E-state index contributed by atoms with van der Waals surface area (Å²) < 4.78 is 0. The van der Waals surface area contributed by atoms with E-state index < -0.39 is 11.8 Å². The molecule has 144 valence electrons. The van der Waals surface area contributed by atoms with E-state index in [-0.39, 0.29) is 6.04 Å². The Balaban J connectivity index is 1.86. The van der Waals surface area contributed by atoms with E-state index in [9.17, 15) is 9.59 Å². The van der Waals surface area contributed by atoms with Crippen molar-refractivity contribution in [2.45, 2.75) is 76.7 Å². The minimum absolute atomic E-state index is 0.0644. The molecule has 5 nitrogen and oxygen atoms in total. The number of anilines is 2. The molecule has 1 aromatic carbocycles. The fourth-order valence-electron chi connectivity index (χ4n) is 3.37. The minimum Gasteiger partial charge on any atom is -0.399 e. The molecule has 1 aliphatic rings. The molecule has 0 unspecified atom stereocenters. The first kappa shape index (κ1) is 20.6. The van der Waals surface area contributed by atoms with Crippen molar-refractivity contribution in [1.29, 1.82) is 0 Å². The second kappa shape index (κ2) is 11.1. The van der Waals surface area contributed by atoms with Crippen LogP contribution in [0.25, 0.3) is 0 Å². The molecule has 0 radical (unpaired) electrons. The first-order valence-corrected chi connectivity index (χ1v) is 10.1. The third-order valence-electron chi connectivity index (χ3n) is 4.89. The highest BCUT2D eigenvalue weighted by atomic mass is 35.5. The summed E-state index contributed by atoms with van der Waals surface area (Å²) >= 11 is 6.05. The van der Waals surface area contributed by atoms with E-state index in [1.54, 1.807) is 18.2 Å². The van der Waals surface area contributed by atoms with Crippen LogP contribution in [0.4, 0.5) is 11.4 Å². The SMILES string of the molecule is Nc1ccc(NC(=O)C(=O)NC2CCCCCCCCCCC2)c(Cl)c1. The Labute approximate surface area is 161 Å². The second-order valence-electron chi connectivity index (χ2n) is 7.12. The topological polar surface area (TPSA) is 84.2 Å². The van der Waals surface area contributed by atoms with Crippen molar-refractivity contribution in [1.82, 2.24) is 5.32 Å².